The lowest BCUT2D eigenvalue weighted by atomic mass is 10.1. The molecule has 6 nitrogen and oxygen atoms in total. The van der Waals surface area contributed by atoms with Gasteiger partial charge in [0.25, 0.3) is 5.91 Å². The Morgan fingerprint density at radius 1 is 1.11 bits per heavy atom. The fourth-order valence-corrected chi connectivity index (χ4v) is 2.80. The van der Waals surface area contributed by atoms with Crippen LogP contribution in [0.5, 0.6) is 5.75 Å². The molecular weight excluding hydrogens is 353 g/mol. The third-order valence-electron chi connectivity index (χ3n) is 4.27. The summed E-state index contributed by atoms with van der Waals surface area (Å²) in [4.78, 5) is 27.1. The number of morpholine rings is 1. The second-order valence-corrected chi connectivity index (χ2v) is 5.98. The number of halogens is 1. The molecule has 0 spiro atoms. The summed E-state index contributed by atoms with van der Waals surface area (Å²) < 4.78 is 29.8. The first-order valence-corrected chi connectivity index (χ1v) is 8.56. The highest BCUT2D eigenvalue weighted by Gasteiger charge is 2.31. The number of carbonyl (C=O) groups is 2. The Hall–Kier alpha value is -2.93. The van der Waals surface area contributed by atoms with Gasteiger partial charge in [-0.2, -0.15) is 0 Å². The summed E-state index contributed by atoms with van der Waals surface area (Å²) in [5.41, 5.74) is 0.266. The number of hydrogen-bond donors (Lipinski definition) is 0. The Bertz CT molecular complexity index is 805. The molecule has 1 amide bonds. The quantitative estimate of drug-likeness (QED) is 0.754. The monoisotopic (exact) mass is 373 g/mol. The van der Waals surface area contributed by atoms with E-state index in [1.165, 1.54) is 19.2 Å². The smallest absolute Gasteiger partial charge is 0.342 e. The fourth-order valence-electron chi connectivity index (χ4n) is 2.80. The summed E-state index contributed by atoms with van der Waals surface area (Å²) in [5.74, 6) is -1.75. The van der Waals surface area contributed by atoms with Crippen molar-refractivity contribution in [3.63, 3.8) is 0 Å². The van der Waals surface area contributed by atoms with Gasteiger partial charge in [-0.15, -0.1) is 0 Å². The largest absolute Gasteiger partial charge is 0.497 e. The molecule has 1 aliphatic heterocycles. The minimum Gasteiger partial charge on any atom is -0.497 e. The minimum absolute atomic E-state index is 0.258. The first kappa shape index (κ1) is 18.8. The standard InChI is InChI=1S/C20H20FNO5/c1-25-15-7-8-16(17(21)13-15)20(24)27-18(14-5-3-2-4-6-14)19(23)22-9-11-26-12-10-22/h2-8,13,18H,9-12H2,1H3. The second-order valence-electron chi connectivity index (χ2n) is 5.98. The molecule has 142 valence electrons. The van der Waals surface area contributed by atoms with Crippen LogP contribution in [0.15, 0.2) is 48.5 Å². The van der Waals surface area contributed by atoms with E-state index in [4.69, 9.17) is 14.2 Å². The zero-order chi connectivity index (χ0) is 19.2. The van der Waals surface area contributed by atoms with Gasteiger partial charge in [0.05, 0.1) is 25.9 Å². The van der Waals surface area contributed by atoms with Crippen molar-refractivity contribution in [2.75, 3.05) is 33.4 Å². The Morgan fingerprint density at radius 3 is 2.44 bits per heavy atom. The molecule has 3 rings (SSSR count). The molecule has 7 heteroatoms. The Morgan fingerprint density at radius 2 is 1.81 bits per heavy atom. The van der Waals surface area contributed by atoms with Crippen molar-refractivity contribution >= 4 is 11.9 Å². The molecule has 0 radical (unpaired) electrons. The lowest BCUT2D eigenvalue weighted by molar-refractivity contribution is -0.145. The highest BCUT2D eigenvalue weighted by Crippen LogP contribution is 2.24. The summed E-state index contributed by atoms with van der Waals surface area (Å²) in [6.07, 6.45) is -1.15. The van der Waals surface area contributed by atoms with E-state index in [1.807, 2.05) is 0 Å². The molecule has 0 bridgehead atoms. The van der Waals surface area contributed by atoms with Gasteiger partial charge >= 0.3 is 5.97 Å². The van der Waals surface area contributed by atoms with Crippen molar-refractivity contribution < 1.29 is 28.2 Å². The SMILES string of the molecule is COc1ccc(C(=O)OC(C(=O)N2CCOCC2)c2ccccc2)c(F)c1. The summed E-state index contributed by atoms with van der Waals surface area (Å²) in [5, 5.41) is 0. The van der Waals surface area contributed by atoms with Crippen LogP contribution in [-0.4, -0.2) is 50.2 Å². The summed E-state index contributed by atoms with van der Waals surface area (Å²) >= 11 is 0. The molecule has 2 aromatic rings. The van der Waals surface area contributed by atoms with Gasteiger partial charge in [0.2, 0.25) is 6.10 Å². The lowest BCUT2D eigenvalue weighted by Gasteiger charge is -2.30. The molecule has 1 aliphatic rings. The van der Waals surface area contributed by atoms with Gasteiger partial charge in [0.1, 0.15) is 11.6 Å². The number of benzene rings is 2. The highest BCUT2D eigenvalue weighted by atomic mass is 19.1. The van der Waals surface area contributed by atoms with Crippen LogP contribution in [0.1, 0.15) is 22.0 Å². The number of nitrogens with zero attached hydrogens (tertiary/aromatic N) is 1. The average Bonchev–Trinajstić information content (AvgIpc) is 2.72. The van der Waals surface area contributed by atoms with Gasteiger partial charge < -0.3 is 19.1 Å². The molecular formula is C20H20FNO5. The van der Waals surface area contributed by atoms with E-state index in [0.717, 1.165) is 6.07 Å². The molecule has 2 aromatic carbocycles. The predicted molar refractivity (Wildman–Crippen MR) is 94.9 cm³/mol. The van der Waals surface area contributed by atoms with Crippen LogP contribution in [0.4, 0.5) is 4.39 Å². The molecule has 1 atom stereocenters. The van der Waals surface area contributed by atoms with E-state index in [2.05, 4.69) is 0 Å². The van der Waals surface area contributed by atoms with E-state index in [-0.39, 0.29) is 17.2 Å². The Balaban J connectivity index is 1.85. The van der Waals surface area contributed by atoms with Gasteiger partial charge in [0.15, 0.2) is 0 Å². The van der Waals surface area contributed by atoms with Gasteiger partial charge in [-0.1, -0.05) is 30.3 Å². The van der Waals surface area contributed by atoms with Gasteiger partial charge in [-0.25, -0.2) is 9.18 Å². The van der Waals surface area contributed by atoms with Gasteiger partial charge in [0, 0.05) is 24.7 Å². The van der Waals surface area contributed by atoms with E-state index < -0.39 is 17.9 Å². The zero-order valence-corrected chi connectivity index (χ0v) is 14.9. The highest BCUT2D eigenvalue weighted by molar-refractivity contribution is 5.93. The van der Waals surface area contributed by atoms with Crippen molar-refractivity contribution in [2.24, 2.45) is 0 Å². The number of amides is 1. The maximum atomic E-state index is 14.2. The second kappa shape index (κ2) is 8.64. The first-order chi connectivity index (χ1) is 13.1. The third kappa shape index (κ3) is 4.43. The third-order valence-corrected chi connectivity index (χ3v) is 4.27. The number of rotatable bonds is 5. The summed E-state index contributed by atoms with van der Waals surface area (Å²) in [6.45, 7) is 1.68. The maximum Gasteiger partial charge on any atom is 0.342 e. The molecule has 0 saturated carbocycles. The molecule has 0 aromatic heterocycles. The topological polar surface area (TPSA) is 65.1 Å². The van der Waals surface area contributed by atoms with E-state index >= 15 is 0 Å². The first-order valence-electron chi connectivity index (χ1n) is 8.56. The number of ether oxygens (including phenoxy) is 3. The van der Waals surface area contributed by atoms with Crippen molar-refractivity contribution in [3.8, 4) is 5.75 Å². The molecule has 1 unspecified atom stereocenters. The number of hydrogen-bond acceptors (Lipinski definition) is 5. The molecule has 1 fully saturated rings. The van der Waals surface area contributed by atoms with E-state index in [9.17, 15) is 14.0 Å². The van der Waals surface area contributed by atoms with Crippen LogP contribution in [0.25, 0.3) is 0 Å². The number of carbonyl (C=O) groups excluding carboxylic acids is 2. The van der Waals surface area contributed by atoms with Crippen LogP contribution in [0, 0.1) is 5.82 Å². The van der Waals surface area contributed by atoms with Crippen molar-refractivity contribution in [2.45, 2.75) is 6.10 Å². The average molecular weight is 373 g/mol. The number of methoxy groups -OCH3 is 1. The van der Waals surface area contributed by atoms with Crippen molar-refractivity contribution in [1.29, 1.82) is 0 Å². The molecule has 27 heavy (non-hydrogen) atoms. The summed E-state index contributed by atoms with van der Waals surface area (Å²) in [6, 6.07) is 12.5. The van der Waals surface area contributed by atoms with E-state index in [0.29, 0.717) is 31.9 Å². The predicted octanol–water partition coefficient (Wildman–Crippen LogP) is 2.59. The van der Waals surface area contributed by atoms with Crippen LogP contribution in [0.3, 0.4) is 0 Å². The van der Waals surface area contributed by atoms with Crippen LogP contribution in [-0.2, 0) is 14.3 Å². The van der Waals surface area contributed by atoms with Gasteiger partial charge in [-0.05, 0) is 12.1 Å². The molecule has 0 N–H and O–H groups in total. The zero-order valence-electron chi connectivity index (χ0n) is 14.9. The Kier molecular flexibility index (Phi) is 6.03. The van der Waals surface area contributed by atoms with Gasteiger partial charge in [-0.3, -0.25) is 4.79 Å². The van der Waals surface area contributed by atoms with E-state index in [1.54, 1.807) is 35.2 Å². The minimum atomic E-state index is -1.15. The fraction of sp³-hybridized carbons (Fsp3) is 0.300. The number of esters is 1. The van der Waals surface area contributed by atoms with Crippen LogP contribution < -0.4 is 4.74 Å². The van der Waals surface area contributed by atoms with Crippen molar-refractivity contribution in [3.05, 3.63) is 65.5 Å². The summed E-state index contributed by atoms with van der Waals surface area (Å²) in [7, 11) is 1.40. The van der Waals surface area contributed by atoms with Crippen LogP contribution in [0.2, 0.25) is 0 Å². The molecule has 1 saturated heterocycles. The molecule has 1 heterocycles. The maximum absolute atomic E-state index is 14.2. The van der Waals surface area contributed by atoms with Crippen molar-refractivity contribution in [1.82, 2.24) is 4.90 Å². The van der Waals surface area contributed by atoms with Crippen LogP contribution >= 0.6 is 0 Å². The lowest BCUT2D eigenvalue weighted by Crippen LogP contribution is -2.44. The Labute approximate surface area is 156 Å². The normalized spacial score (nSPS) is 15.1. The molecule has 0 aliphatic carbocycles.